The Hall–Kier alpha value is -0.950. The molecule has 1 aromatic rings. The van der Waals surface area contributed by atoms with Crippen LogP contribution in [0.1, 0.15) is 45.1 Å². The fraction of sp³-hybridized carbons (Fsp3) is 0.667. The largest absolute Gasteiger partial charge is 0.392 e. The quantitative estimate of drug-likeness (QED) is 0.149. The Labute approximate surface area is 203 Å². The zero-order chi connectivity index (χ0) is 22.0. The van der Waals surface area contributed by atoms with Gasteiger partial charge in [-0.15, -0.1) is 24.0 Å². The summed E-state index contributed by atoms with van der Waals surface area (Å²) in [6.45, 7) is 6.33. The van der Waals surface area contributed by atoms with Crippen LogP contribution in [0.2, 0.25) is 0 Å². The van der Waals surface area contributed by atoms with Crippen molar-refractivity contribution < 1.29 is 18.3 Å². The molecule has 0 radical (unpaired) electrons. The van der Waals surface area contributed by atoms with Gasteiger partial charge in [0.25, 0.3) is 0 Å². The molecule has 0 spiro atoms. The number of sulfonamides is 1. The molecule has 2 rings (SSSR count). The maximum atomic E-state index is 12.4. The molecular weight excluding hydrogens is 531 g/mol. The van der Waals surface area contributed by atoms with Gasteiger partial charge in [-0.2, -0.15) is 0 Å². The van der Waals surface area contributed by atoms with E-state index in [2.05, 4.69) is 27.3 Å². The first-order valence-corrected chi connectivity index (χ1v) is 12.1. The second-order valence-corrected chi connectivity index (χ2v) is 9.77. The van der Waals surface area contributed by atoms with Crippen LogP contribution in [-0.4, -0.2) is 58.9 Å². The third-order valence-corrected chi connectivity index (χ3v) is 6.97. The van der Waals surface area contributed by atoms with Crippen molar-refractivity contribution in [3.05, 3.63) is 29.8 Å². The Bertz CT molecular complexity index is 806. The molecule has 0 amide bonds. The van der Waals surface area contributed by atoms with Crippen molar-refractivity contribution in [2.24, 2.45) is 10.4 Å². The summed E-state index contributed by atoms with van der Waals surface area (Å²) in [7, 11) is -2.05. The summed E-state index contributed by atoms with van der Waals surface area (Å²) in [5.41, 5.74) is 0.627. The zero-order valence-electron chi connectivity index (χ0n) is 18.7. The van der Waals surface area contributed by atoms with Gasteiger partial charge in [0.1, 0.15) is 0 Å². The minimum Gasteiger partial charge on any atom is -0.392 e. The summed E-state index contributed by atoms with van der Waals surface area (Å²) in [6.07, 6.45) is 3.71. The minimum absolute atomic E-state index is 0. The van der Waals surface area contributed by atoms with Crippen LogP contribution in [0.3, 0.4) is 0 Å². The molecule has 0 aliphatic heterocycles. The van der Waals surface area contributed by atoms with Crippen molar-refractivity contribution in [1.82, 2.24) is 15.4 Å². The van der Waals surface area contributed by atoms with Gasteiger partial charge in [-0.3, -0.25) is 0 Å². The number of guanidine groups is 1. The summed E-state index contributed by atoms with van der Waals surface area (Å²) < 4.78 is 32.2. The van der Waals surface area contributed by atoms with Crippen LogP contribution in [0.25, 0.3) is 0 Å². The molecule has 0 heterocycles. The SMILES string of the molecule is CCNC(=NCc1cccc(S(=O)(=O)NCCOC)c1)NCC1(C)CCCCC1O.I. The van der Waals surface area contributed by atoms with Gasteiger partial charge < -0.3 is 20.5 Å². The zero-order valence-corrected chi connectivity index (χ0v) is 21.8. The number of ether oxygens (including phenoxy) is 1. The minimum atomic E-state index is -3.58. The van der Waals surface area contributed by atoms with Crippen LogP contribution in [-0.2, 0) is 21.3 Å². The van der Waals surface area contributed by atoms with Crippen molar-refractivity contribution in [1.29, 1.82) is 0 Å². The highest BCUT2D eigenvalue weighted by Gasteiger charge is 2.35. The molecule has 8 nitrogen and oxygen atoms in total. The lowest BCUT2D eigenvalue weighted by Crippen LogP contribution is -2.48. The van der Waals surface area contributed by atoms with E-state index in [0.29, 0.717) is 32.2 Å². The van der Waals surface area contributed by atoms with Crippen molar-refractivity contribution in [2.45, 2.75) is 57.1 Å². The van der Waals surface area contributed by atoms with Crippen molar-refractivity contribution in [3.8, 4) is 0 Å². The van der Waals surface area contributed by atoms with Gasteiger partial charge >= 0.3 is 0 Å². The first-order chi connectivity index (χ1) is 14.3. The Balaban J connectivity index is 0.00000480. The maximum absolute atomic E-state index is 12.4. The molecule has 0 aromatic heterocycles. The normalized spacial score (nSPS) is 21.9. The van der Waals surface area contributed by atoms with Crippen LogP contribution >= 0.6 is 24.0 Å². The fourth-order valence-electron chi connectivity index (χ4n) is 3.56. The van der Waals surface area contributed by atoms with E-state index in [0.717, 1.165) is 31.2 Å². The first kappa shape index (κ1) is 28.1. The Morgan fingerprint density at radius 3 is 2.77 bits per heavy atom. The van der Waals surface area contributed by atoms with E-state index < -0.39 is 10.0 Å². The van der Waals surface area contributed by atoms with Crippen LogP contribution in [0, 0.1) is 5.41 Å². The fourth-order valence-corrected chi connectivity index (χ4v) is 4.64. The van der Waals surface area contributed by atoms with Gasteiger partial charge in [0.2, 0.25) is 10.0 Å². The summed E-state index contributed by atoms with van der Waals surface area (Å²) in [5.74, 6) is 0.656. The van der Waals surface area contributed by atoms with Gasteiger partial charge in [0.15, 0.2) is 5.96 Å². The molecule has 2 unspecified atom stereocenters. The van der Waals surface area contributed by atoms with Gasteiger partial charge in [-0.25, -0.2) is 18.1 Å². The standard InChI is InChI=1S/C21H36N4O4S.HI/c1-4-22-20(24-16-21(2)11-6-5-10-19(21)26)23-15-17-8-7-9-18(14-17)30(27,28)25-12-13-29-3;/h7-9,14,19,25-26H,4-6,10-13,15-16H2,1-3H3,(H2,22,23,24);1H. The summed E-state index contributed by atoms with van der Waals surface area (Å²) in [4.78, 5) is 4.81. The number of hydrogen-bond acceptors (Lipinski definition) is 5. The smallest absolute Gasteiger partial charge is 0.240 e. The van der Waals surface area contributed by atoms with E-state index >= 15 is 0 Å². The van der Waals surface area contributed by atoms with E-state index in [4.69, 9.17) is 4.74 Å². The predicted octanol–water partition coefficient (Wildman–Crippen LogP) is 2.23. The lowest BCUT2D eigenvalue weighted by Gasteiger charge is -2.38. The van der Waals surface area contributed by atoms with Gasteiger partial charge in [0, 0.05) is 32.2 Å². The van der Waals surface area contributed by atoms with E-state index in [-0.39, 0.29) is 46.9 Å². The Kier molecular flexibility index (Phi) is 12.3. The van der Waals surface area contributed by atoms with Crippen LogP contribution < -0.4 is 15.4 Å². The average Bonchev–Trinajstić information content (AvgIpc) is 2.73. The first-order valence-electron chi connectivity index (χ1n) is 10.6. The summed E-state index contributed by atoms with van der Waals surface area (Å²) in [6, 6.07) is 6.77. The van der Waals surface area contributed by atoms with Gasteiger partial charge in [-0.05, 0) is 37.5 Å². The number of hydrogen-bond donors (Lipinski definition) is 4. The monoisotopic (exact) mass is 568 g/mol. The van der Waals surface area contributed by atoms with Gasteiger partial charge in [-0.1, -0.05) is 31.9 Å². The number of aliphatic hydroxyl groups excluding tert-OH is 1. The molecule has 1 saturated carbocycles. The third-order valence-electron chi connectivity index (χ3n) is 5.51. The number of benzene rings is 1. The second-order valence-electron chi connectivity index (χ2n) is 8.00. The highest BCUT2D eigenvalue weighted by Crippen LogP contribution is 2.35. The molecule has 1 aliphatic carbocycles. The van der Waals surface area contributed by atoms with Crippen molar-refractivity contribution >= 4 is 40.0 Å². The van der Waals surface area contributed by atoms with Crippen LogP contribution in [0.5, 0.6) is 0 Å². The number of aliphatic imine (C=N–C) groups is 1. The van der Waals surface area contributed by atoms with Crippen LogP contribution in [0.4, 0.5) is 0 Å². The van der Waals surface area contributed by atoms with E-state index in [1.165, 1.54) is 7.11 Å². The summed E-state index contributed by atoms with van der Waals surface area (Å²) >= 11 is 0. The second kappa shape index (κ2) is 13.6. The molecule has 10 heteroatoms. The van der Waals surface area contributed by atoms with Crippen molar-refractivity contribution in [2.75, 3.05) is 33.4 Å². The lowest BCUT2D eigenvalue weighted by molar-refractivity contribution is 0.00397. The number of nitrogens with zero attached hydrogens (tertiary/aromatic N) is 1. The molecule has 31 heavy (non-hydrogen) atoms. The molecular formula is C21H37IN4O4S. The van der Waals surface area contributed by atoms with E-state index in [1.807, 2.05) is 13.0 Å². The number of rotatable bonds is 10. The molecule has 1 aromatic carbocycles. The Morgan fingerprint density at radius 2 is 2.10 bits per heavy atom. The molecule has 0 bridgehead atoms. The molecule has 2 atom stereocenters. The molecule has 1 fully saturated rings. The highest BCUT2D eigenvalue weighted by atomic mass is 127. The number of methoxy groups -OCH3 is 1. The van der Waals surface area contributed by atoms with E-state index in [9.17, 15) is 13.5 Å². The molecule has 4 N–H and O–H groups in total. The topological polar surface area (TPSA) is 112 Å². The number of halogens is 1. The van der Waals surface area contributed by atoms with Crippen molar-refractivity contribution in [3.63, 3.8) is 0 Å². The van der Waals surface area contributed by atoms with E-state index in [1.54, 1.807) is 18.2 Å². The molecule has 1 aliphatic rings. The molecule has 178 valence electrons. The third kappa shape index (κ3) is 8.83. The maximum Gasteiger partial charge on any atom is 0.240 e. The Morgan fingerprint density at radius 1 is 1.32 bits per heavy atom. The van der Waals surface area contributed by atoms with Crippen LogP contribution in [0.15, 0.2) is 34.2 Å². The average molecular weight is 569 g/mol. The van der Waals surface area contributed by atoms with Gasteiger partial charge in [0.05, 0.1) is 24.2 Å². The summed E-state index contributed by atoms with van der Waals surface area (Å²) in [5, 5.41) is 17.0. The predicted molar refractivity (Wildman–Crippen MR) is 134 cm³/mol. The molecule has 0 saturated heterocycles. The number of nitrogens with one attached hydrogen (secondary N) is 3. The lowest BCUT2D eigenvalue weighted by atomic mass is 9.73. The highest BCUT2D eigenvalue weighted by molar-refractivity contribution is 14.0. The number of aliphatic hydroxyl groups is 1.